The number of halogens is 1. The number of nitrogens with zero attached hydrogens (tertiary/aromatic N) is 2. The van der Waals surface area contributed by atoms with Crippen molar-refractivity contribution in [2.45, 2.75) is 31.7 Å². The number of alkyl halides is 1. The summed E-state index contributed by atoms with van der Waals surface area (Å²) in [6, 6.07) is 3.10. The van der Waals surface area contributed by atoms with Crippen molar-refractivity contribution in [1.82, 2.24) is 15.1 Å². The fraction of sp³-hybridized carbons (Fsp3) is 0.583. The van der Waals surface area contributed by atoms with Crippen LogP contribution in [0.15, 0.2) is 16.9 Å². The second-order valence-corrected chi connectivity index (χ2v) is 5.23. The molecule has 0 bridgehead atoms. The number of hydrogen-bond donors (Lipinski definition) is 1. The lowest BCUT2D eigenvalue weighted by Gasteiger charge is -2.35. The molecular formula is C12H16BrN3O2. The monoisotopic (exact) mass is 313 g/mol. The number of nitrogens with one attached hydrogen (secondary N) is 1. The van der Waals surface area contributed by atoms with Crippen LogP contribution in [0.25, 0.3) is 0 Å². The van der Waals surface area contributed by atoms with Gasteiger partial charge in [-0.25, -0.2) is 5.10 Å². The summed E-state index contributed by atoms with van der Waals surface area (Å²) in [5.74, 6) is -0.0862. The van der Waals surface area contributed by atoms with Gasteiger partial charge in [0.15, 0.2) is 0 Å². The Balaban J connectivity index is 2.15. The number of rotatable bonds is 3. The zero-order chi connectivity index (χ0) is 13.0. The van der Waals surface area contributed by atoms with Crippen molar-refractivity contribution >= 4 is 21.8 Å². The highest BCUT2D eigenvalue weighted by atomic mass is 79.9. The summed E-state index contributed by atoms with van der Waals surface area (Å²) < 4.78 is 0. The molecule has 1 aromatic heterocycles. The zero-order valence-corrected chi connectivity index (χ0v) is 11.6. The van der Waals surface area contributed by atoms with E-state index in [0.29, 0.717) is 5.69 Å². The largest absolute Gasteiger partial charge is 0.334 e. The van der Waals surface area contributed by atoms with Gasteiger partial charge in [-0.3, -0.25) is 9.59 Å². The molecule has 1 atom stereocenters. The van der Waals surface area contributed by atoms with E-state index in [-0.39, 0.29) is 17.5 Å². The van der Waals surface area contributed by atoms with Gasteiger partial charge in [0, 0.05) is 24.0 Å². The molecule has 1 unspecified atom stereocenters. The van der Waals surface area contributed by atoms with Gasteiger partial charge in [0.05, 0.1) is 0 Å². The van der Waals surface area contributed by atoms with Crippen molar-refractivity contribution in [3.8, 4) is 0 Å². The van der Waals surface area contributed by atoms with Gasteiger partial charge in [-0.2, -0.15) is 5.10 Å². The fourth-order valence-corrected chi connectivity index (χ4v) is 2.83. The average molecular weight is 314 g/mol. The Morgan fingerprint density at radius 2 is 2.33 bits per heavy atom. The summed E-state index contributed by atoms with van der Waals surface area (Å²) in [7, 11) is 0. The van der Waals surface area contributed by atoms with Crippen LogP contribution in [-0.4, -0.2) is 38.9 Å². The number of carbonyl (C=O) groups excluding carboxylic acids is 1. The van der Waals surface area contributed by atoms with Crippen molar-refractivity contribution in [2.24, 2.45) is 0 Å². The Morgan fingerprint density at radius 1 is 1.50 bits per heavy atom. The van der Waals surface area contributed by atoms with Gasteiger partial charge in [-0.05, 0) is 31.7 Å². The minimum Gasteiger partial charge on any atom is -0.334 e. The molecule has 0 aliphatic carbocycles. The van der Waals surface area contributed by atoms with Crippen LogP contribution >= 0.6 is 15.9 Å². The Kier molecular flexibility index (Phi) is 4.52. The standard InChI is InChI=1S/C12H16BrN3O2/c13-7-6-9-3-1-2-8-16(9)12(18)10-4-5-11(17)15-14-10/h4-5,9H,1-3,6-8H2,(H,15,17). The summed E-state index contributed by atoms with van der Waals surface area (Å²) >= 11 is 3.43. The Bertz CT molecular complexity index is 452. The van der Waals surface area contributed by atoms with Crippen LogP contribution in [0.4, 0.5) is 0 Å². The molecule has 1 N–H and O–H groups in total. The number of piperidine rings is 1. The molecule has 1 fully saturated rings. The lowest BCUT2D eigenvalue weighted by molar-refractivity contribution is 0.0602. The predicted octanol–water partition coefficient (Wildman–Crippen LogP) is 1.55. The van der Waals surface area contributed by atoms with Crippen molar-refractivity contribution in [3.63, 3.8) is 0 Å². The van der Waals surface area contributed by atoms with E-state index in [1.807, 2.05) is 4.90 Å². The van der Waals surface area contributed by atoms with Gasteiger partial charge < -0.3 is 4.90 Å². The smallest absolute Gasteiger partial charge is 0.274 e. The minimum atomic E-state index is -0.290. The maximum Gasteiger partial charge on any atom is 0.274 e. The SMILES string of the molecule is O=C(c1ccc(=O)[nH]n1)N1CCCCC1CCBr. The highest BCUT2D eigenvalue weighted by Crippen LogP contribution is 2.21. The van der Waals surface area contributed by atoms with Gasteiger partial charge in [-0.15, -0.1) is 0 Å². The van der Waals surface area contributed by atoms with E-state index in [2.05, 4.69) is 26.1 Å². The van der Waals surface area contributed by atoms with Crippen LogP contribution < -0.4 is 5.56 Å². The molecule has 1 saturated heterocycles. The summed E-state index contributed by atoms with van der Waals surface area (Å²) in [5, 5.41) is 7.00. The predicted molar refractivity (Wildman–Crippen MR) is 71.9 cm³/mol. The number of aromatic nitrogens is 2. The molecule has 0 spiro atoms. The molecule has 98 valence electrons. The van der Waals surface area contributed by atoms with Crippen molar-refractivity contribution < 1.29 is 4.79 Å². The number of likely N-dealkylation sites (tertiary alicyclic amines) is 1. The fourth-order valence-electron chi connectivity index (χ4n) is 2.30. The molecule has 0 saturated carbocycles. The van der Waals surface area contributed by atoms with Crippen LogP contribution in [0.2, 0.25) is 0 Å². The number of hydrogen-bond acceptors (Lipinski definition) is 3. The lowest BCUT2D eigenvalue weighted by atomic mass is 9.99. The molecule has 1 aliphatic rings. The van der Waals surface area contributed by atoms with Gasteiger partial charge in [0.1, 0.15) is 5.69 Å². The summed E-state index contributed by atoms with van der Waals surface area (Å²) in [6.07, 6.45) is 4.20. The van der Waals surface area contributed by atoms with E-state index in [9.17, 15) is 9.59 Å². The first-order valence-corrected chi connectivity index (χ1v) is 7.27. The van der Waals surface area contributed by atoms with E-state index in [1.165, 1.54) is 18.6 Å². The van der Waals surface area contributed by atoms with Gasteiger partial charge in [-0.1, -0.05) is 15.9 Å². The first-order chi connectivity index (χ1) is 8.72. The zero-order valence-electron chi connectivity index (χ0n) is 10.1. The van der Waals surface area contributed by atoms with E-state index in [4.69, 9.17) is 0 Å². The van der Waals surface area contributed by atoms with Gasteiger partial charge >= 0.3 is 0 Å². The van der Waals surface area contributed by atoms with Crippen LogP contribution in [0.3, 0.4) is 0 Å². The second kappa shape index (κ2) is 6.13. The third-order valence-electron chi connectivity index (χ3n) is 3.23. The first kappa shape index (κ1) is 13.3. The normalized spacial score (nSPS) is 19.8. The maximum atomic E-state index is 12.3. The number of carbonyl (C=O) groups is 1. The summed E-state index contributed by atoms with van der Waals surface area (Å²) in [6.45, 7) is 0.775. The molecule has 1 aromatic rings. The summed E-state index contributed by atoms with van der Waals surface area (Å²) in [5.41, 5.74) is 0.0262. The van der Waals surface area contributed by atoms with Crippen LogP contribution in [0.5, 0.6) is 0 Å². The molecular weight excluding hydrogens is 298 g/mol. The molecule has 6 heteroatoms. The highest BCUT2D eigenvalue weighted by molar-refractivity contribution is 9.09. The molecule has 2 heterocycles. The second-order valence-electron chi connectivity index (χ2n) is 4.43. The molecule has 1 amide bonds. The molecule has 2 rings (SSSR count). The number of amides is 1. The molecule has 0 radical (unpaired) electrons. The first-order valence-electron chi connectivity index (χ1n) is 6.15. The maximum absolute atomic E-state index is 12.3. The molecule has 18 heavy (non-hydrogen) atoms. The van der Waals surface area contributed by atoms with Crippen molar-refractivity contribution in [2.75, 3.05) is 11.9 Å². The van der Waals surface area contributed by atoms with Crippen LogP contribution in [-0.2, 0) is 0 Å². The topological polar surface area (TPSA) is 66.1 Å². The van der Waals surface area contributed by atoms with Gasteiger partial charge in [0.25, 0.3) is 11.5 Å². The third kappa shape index (κ3) is 2.98. The van der Waals surface area contributed by atoms with Crippen LogP contribution in [0.1, 0.15) is 36.2 Å². The van der Waals surface area contributed by atoms with E-state index < -0.39 is 0 Å². The highest BCUT2D eigenvalue weighted by Gasteiger charge is 2.27. The minimum absolute atomic E-state index is 0.0862. The molecule has 1 aliphatic heterocycles. The van der Waals surface area contributed by atoms with E-state index in [1.54, 1.807) is 0 Å². The lowest BCUT2D eigenvalue weighted by Crippen LogP contribution is -2.44. The van der Waals surface area contributed by atoms with E-state index >= 15 is 0 Å². The average Bonchev–Trinajstić information content (AvgIpc) is 2.40. The number of H-pyrrole nitrogens is 1. The van der Waals surface area contributed by atoms with Crippen molar-refractivity contribution in [3.05, 3.63) is 28.2 Å². The van der Waals surface area contributed by atoms with Gasteiger partial charge in [0.2, 0.25) is 0 Å². The van der Waals surface area contributed by atoms with E-state index in [0.717, 1.165) is 31.1 Å². The Morgan fingerprint density at radius 3 is 3.00 bits per heavy atom. The van der Waals surface area contributed by atoms with Crippen molar-refractivity contribution in [1.29, 1.82) is 0 Å². The van der Waals surface area contributed by atoms with Crippen LogP contribution in [0, 0.1) is 0 Å². The Labute approximate surface area is 114 Å². The molecule has 5 nitrogen and oxygen atoms in total. The third-order valence-corrected chi connectivity index (χ3v) is 3.69. The number of aromatic amines is 1. The Hall–Kier alpha value is -1.17. The molecule has 0 aromatic carbocycles. The summed E-state index contributed by atoms with van der Waals surface area (Å²) in [4.78, 5) is 25.1. The quantitative estimate of drug-likeness (QED) is 0.861.